The van der Waals surface area contributed by atoms with Gasteiger partial charge in [-0.05, 0) is 19.3 Å². The fourth-order valence-corrected chi connectivity index (χ4v) is 3.22. The maximum absolute atomic E-state index is 11.9. The highest BCUT2D eigenvalue weighted by molar-refractivity contribution is 7.99. The minimum atomic E-state index is -0.0833. The number of nitrogens with zero attached hydrogens (tertiary/aromatic N) is 1. The maximum atomic E-state index is 11.9. The first-order valence-corrected chi connectivity index (χ1v) is 7.79. The molecule has 7 heteroatoms. The van der Waals surface area contributed by atoms with E-state index in [9.17, 15) is 9.59 Å². The summed E-state index contributed by atoms with van der Waals surface area (Å²) in [6, 6.07) is -0.0833. The lowest BCUT2D eigenvalue weighted by Gasteiger charge is -2.26. The van der Waals surface area contributed by atoms with Gasteiger partial charge in [0.2, 0.25) is 11.8 Å². The molecule has 5 nitrogen and oxygen atoms in total. The van der Waals surface area contributed by atoms with Gasteiger partial charge in [0.15, 0.2) is 0 Å². The van der Waals surface area contributed by atoms with E-state index < -0.39 is 0 Å². The van der Waals surface area contributed by atoms with Crippen molar-refractivity contribution in [3.05, 3.63) is 0 Å². The predicted molar refractivity (Wildman–Crippen MR) is 79.6 cm³/mol. The molecule has 2 aliphatic rings. The topological polar surface area (TPSA) is 61.4 Å². The van der Waals surface area contributed by atoms with Gasteiger partial charge in [-0.2, -0.15) is 0 Å². The molecule has 0 aromatic heterocycles. The average Bonchev–Trinajstić information content (AvgIpc) is 2.93. The molecule has 110 valence electrons. The zero-order valence-electron chi connectivity index (χ0n) is 11.0. The van der Waals surface area contributed by atoms with Crippen molar-refractivity contribution in [1.82, 2.24) is 15.5 Å². The fourth-order valence-electron chi connectivity index (χ4n) is 2.28. The van der Waals surface area contributed by atoms with E-state index in [0.717, 1.165) is 37.6 Å². The van der Waals surface area contributed by atoms with Crippen LogP contribution in [0.4, 0.5) is 0 Å². The van der Waals surface area contributed by atoms with E-state index in [1.54, 1.807) is 11.8 Å². The lowest BCUT2D eigenvalue weighted by Crippen LogP contribution is -2.43. The van der Waals surface area contributed by atoms with Crippen LogP contribution >= 0.6 is 24.2 Å². The van der Waals surface area contributed by atoms with Crippen molar-refractivity contribution in [2.24, 2.45) is 0 Å². The lowest BCUT2D eigenvalue weighted by molar-refractivity contribution is -0.132. The van der Waals surface area contributed by atoms with Crippen LogP contribution in [0.5, 0.6) is 0 Å². The van der Waals surface area contributed by atoms with Crippen LogP contribution in [0.25, 0.3) is 0 Å². The number of halogens is 1. The van der Waals surface area contributed by atoms with E-state index in [1.165, 1.54) is 6.42 Å². The minimum absolute atomic E-state index is 0. The van der Waals surface area contributed by atoms with Crippen molar-refractivity contribution in [1.29, 1.82) is 0 Å². The summed E-state index contributed by atoms with van der Waals surface area (Å²) in [7, 11) is 0. The van der Waals surface area contributed by atoms with Gasteiger partial charge in [0.25, 0.3) is 0 Å². The van der Waals surface area contributed by atoms with Crippen molar-refractivity contribution in [2.45, 2.75) is 31.7 Å². The highest BCUT2D eigenvalue weighted by Crippen LogP contribution is 2.10. The second kappa shape index (κ2) is 8.66. The second-order valence-electron chi connectivity index (χ2n) is 4.75. The third-order valence-corrected chi connectivity index (χ3v) is 4.32. The molecule has 0 aromatic rings. The third-order valence-electron chi connectivity index (χ3n) is 3.38. The lowest BCUT2D eigenvalue weighted by atomic mass is 10.1. The van der Waals surface area contributed by atoms with Crippen LogP contribution in [-0.2, 0) is 9.59 Å². The first-order valence-electron chi connectivity index (χ1n) is 6.64. The molecule has 2 aliphatic heterocycles. The number of likely N-dealkylation sites (tertiary alicyclic amines) is 1. The molecule has 1 atom stereocenters. The molecular weight excluding hydrogens is 286 g/mol. The highest BCUT2D eigenvalue weighted by Gasteiger charge is 2.22. The van der Waals surface area contributed by atoms with E-state index in [1.807, 2.05) is 4.90 Å². The van der Waals surface area contributed by atoms with Crippen molar-refractivity contribution in [3.8, 4) is 0 Å². The van der Waals surface area contributed by atoms with Gasteiger partial charge in [-0.3, -0.25) is 14.9 Å². The number of piperidine rings is 1. The van der Waals surface area contributed by atoms with Gasteiger partial charge in [0.1, 0.15) is 0 Å². The van der Waals surface area contributed by atoms with E-state index in [-0.39, 0.29) is 30.3 Å². The summed E-state index contributed by atoms with van der Waals surface area (Å²) >= 11 is 1.73. The van der Waals surface area contributed by atoms with E-state index in [2.05, 4.69) is 10.6 Å². The molecule has 1 unspecified atom stereocenters. The second-order valence-corrected chi connectivity index (χ2v) is 5.78. The van der Waals surface area contributed by atoms with Crippen LogP contribution in [0, 0.1) is 0 Å². The number of hydrogen-bond acceptors (Lipinski definition) is 4. The number of carbonyl (C=O) groups is 2. The Morgan fingerprint density at radius 1 is 1.26 bits per heavy atom. The van der Waals surface area contributed by atoms with E-state index >= 15 is 0 Å². The van der Waals surface area contributed by atoms with Crippen molar-refractivity contribution < 1.29 is 9.59 Å². The van der Waals surface area contributed by atoms with Gasteiger partial charge in [-0.25, -0.2) is 0 Å². The Balaban J connectivity index is 0.00000180. The zero-order chi connectivity index (χ0) is 12.8. The maximum Gasteiger partial charge on any atom is 0.238 e. The average molecular weight is 308 g/mol. The van der Waals surface area contributed by atoms with Crippen LogP contribution in [0.2, 0.25) is 0 Å². The SMILES string of the molecule is Cl.O=C(NCCC(=O)N1CCCCC1)C1CSCN1. The Bertz CT molecular complexity index is 305. The molecule has 2 heterocycles. The van der Waals surface area contributed by atoms with Crippen LogP contribution in [0.1, 0.15) is 25.7 Å². The monoisotopic (exact) mass is 307 g/mol. The zero-order valence-corrected chi connectivity index (χ0v) is 12.7. The summed E-state index contributed by atoms with van der Waals surface area (Å²) in [5, 5.41) is 5.95. The molecule has 0 aliphatic carbocycles. The van der Waals surface area contributed by atoms with Crippen LogP contribution in [0.15, 0.2) is 0 Å². The first-order chi connectivity index (χ1) is 8.77. The van der Waals surface area contributed by atoms with Crippen LogP contribution in [-0.4, -0.2) is 54.0 Å². The molecule has 0 spiro atoms. The number of amides is 2. The first kappa shape index (κ1) is 16.6. The predicted octanol–water partition coefficient (Wildman–Crippen LogP) is 0.589. The van der Waals surface area contributed by atoms with Gasteiger partial charge < -0.3 is 10.2 Å². The van der Waals surface area contributed by atoms with Crippen molar-refractivity contribution in [2.75, 3.05) is 31.3 Å². The number of rotatable bonds is 4. The summed E-state index contributed by atoms with van der Waals surface area (Å²) in [4.78, 5) is 25.5. The molecule has 0 saturated carbocycles. The molecular formula is C12H22ClN3O2S. The number of hydrogen-bond donors (Lipinski definition) is 2. The van der Waals surface area contributed by atoms with Crippen LogP contribution < -0.4 is 10.6 Å². The minimum Gasteiger partial charge on any atom is -0.354 e. The summed E-state index contributed by atoms with van der Waals surface area (Å²) in [5.41, 5.74) is 0. The molecule has 2 fully saturated rings. The highest BCUT2D eigenvalue weighted by atomic mass is 35.5. The summed E-state index contributed by atoms with van der Waals surface area (Å²) in [6.45, 7) is 2.22. The van der Waals surface area contributed by atoms with Gasteiger partial charge in [0.05, 0.1) is 6.04 Å². The Hall–Kier alpha value is -0.460. The summed E-state index contributed by atoms with van der Waals surface area (Å²) in [6.07, 6.45) is 3.87. The molecule has 19 heavy (non-hydrogen) atoms. The quantitative estimate of drug-likeness (QED) is 0.798. The molecule has 2 rings (SSSR count). The van der Waals surface area contributed by atoms with E-state index in [4.69, 9.17) is 0 Å². The number of carbonyl (C=O) groups excluding carboxylic acids is 2. The van der Waals surface area contributed by atoms with Gasteiger partial charge in [-0.1, -0.05) is 0 Å². The molecule has 2 N–H and O–H groups in total. The normalized spacial score (nSPS) is 22.7. The fraction of sp³-hybridized carbons (Fsp3) is 0.833. The smallest absolute Gasteiger partial charge is 0.238 e. The van der Waals surface area contributed by atoms with Crippen molar-refractivity contribution >= 4 is 36.0 Å². The van der Waals surface area contributed by atoms with Crippen LogP contribution in [0.3, 0.4) is 0 Å². The number of nitrogens with one attached hydrogen (secondary N) is 2. The Labute approximate surface area is 124 Å². The number of thioether (sulfide) groups is 1. The van der Waals surface area contributed by atoms with E-state index in [0.29, 0.717) is 13.0 Å². The summed E-state index contributed by atoms with van der Waals surface area (Å²) < 4.78 is 0. The molecule has 0 aromatic carbocycles. The van der Waals surface area contributed by atoms with Gasteiger partial charge in [0, 0.05) is 37.7 Å². The summed E-state index contributed by atoms with van der Waals surface area (Å²) in [5.74, 6) is 1.85. The van der Waals surface area contributed by atoms with Crippen molar-refractivity contribution in [3.63, 3.8) is 0 Å². The molecule has 2 amide bonds. The standard InChI is InChI=1S/C12H21N3O2S.ClH/c16-11(15-6-2-1-3-7-15)4-5-13-12(17)10-8-18-9-14-10;/h10,14H,1-9H2,(H,13,17);1H. The Kier molecular flexibility index (Phi) is 7.56. The molecule has 0 bridgehead atoms. The van der Waals surface area contributed by atoms with Gasteiger partial charge >= 0.3 is 0 Å². The third kappa shape index (κ3) is 5.20. The molecule has 0 radical (unpaired) electrons. The largest absolute Gasteiger partial charge is 0.354 e. The van der Waals surface area contributed by atoms with Gasteiger partial charge in [-0.15, -0.1) is 24.2 Å². The molecule has 2 saturated heterocycles. The Morgan fingerprint density at radius 2 is 2.00 bits per heavy atom. The Morgan fingerprint density at radius 3 is 2.63 bits per heavy atom.